The van der Waals surface area contributed by atoms with E-state index in [0.717, 1.165) is 17.0 Å². The highest BCUT2D eigenvalue weighted by atomic mass is 16.6. The van der Waals surface area contributed by atoms with Gasteiger partial charge in [0.05, 0.1) is 28.2 Å². The van der Waals surface area contributed by atoms with Gasteiger partial charge in [-0.15, -0.1) is 0 Å². The van der Waals surface area contributed by atoms with Gasteiger partial charge in [-0.1, -0.05) is 6.07 Å². The van der Waals surface area contributed by atoms with Crippen LogP contribution >= 0.6 is 0 Å². The number of rotatable bonds is 4. The maximum absolute atomic E-state index is 13.0. The van der Waals surface area contributed by atoms with Crippen LogP contribution in [0.25, 0.3) is 5.76 Å². The van der Waals surface area contributed by atoms with E-state index in [9.17, 15) is 29.9 Å². The number of carbonyl (C=O) groups excluding carboxylic acids is 2. The van der Waals surface area contributed by atoms with E-state index in [1.165, 1.54) is 54.9 Å². The smallest absolute Gasteiger partial charge is 0.311 e. The molecular weight excluding hydrogens is 428 g/mol. The van der Waals surface area contributed by atoms with Crippen molar-refractivity contribution < 1.29 is 24.7 Å². The van der Waals surface area contributed by atoms with Crippen molar-refractivity contribution in [1.29, 1.82) is 5.26 Å². The van der Waals surface area contributed by atoms with Crippen LogP contribution in [0.2, 0.25) is 0 Å². The van der Waals surface area contributed by atoms with E-state index in [4.69, 9.17) is 5.26 Å². The molecule has 0 aliphatic carbocycles. The van der Waals surface area contributed by atoms with E-state index in [1.54, 1.807) is 0 Å². The molecule has 1 aliphatic rings. The number of amides is 1. The van der Waals surface area contributed by atoms with E-state index in [0.29, 0.717) is 5.56 Å². The minimum atomic E-state index is -1.23. The fraction of sp³-hybridized carbons (Fsp3) is 0.0435. The fourth-order valence-corrected chi connectivity index (χ4v) is 3.63. The molecule has 1 aromatic heterocycles. The Morgan fingerprint density at radius 1 is 1.09 bits per heavy atom. The molecule has 162 valence electrons. The quantitative estimate of drug-likeness (QED) is 0.205. The van der Waals surface area contributed by atoms with Crippen molar-refractivity contribution in [3.8, 4) is 11.8 Å². The largest absolute Gasteiger partial charge is 0.507 e. The number of benzene rings is 2. The number of nitriles is 1. The average molecular weight is 442 g/mol. The van der Waals surface area contributed by atoms with Crippen LogP contribution in [0.5, 0.6) is 5.75 Å². The molecule has 1 aliphatic heterocycles. The van der Waals surface area contributed by atoms with Gasteiger partial charge in [-0.3, -0.25) is 29.6 Å². The zero-order chi connectivity index (χ0) is 23.7. The lowest BCUT2D eigenvalue weighted by molar-refractivity contribution is -0.385. The summed E-state index contributed by atoms with van der Waals surface area (Å²) in [5, 5.41) is 41.2. The summed E-state index contributed by atoms with van der Waals surface area (Å²) in [4.78, 5) is 41.6. The standard InChI is InChI=1S/C23H14N4O6/c24-12-13-1-4-16(5-2-13)26-20(15-3-6-18(28)17(11-15)27(32)33)19(22(30)23(26)31)21(29)14-7-9-25-10-8-14/h1-11,20,28-29H/b21-19-. The highest BCUT2D eigenvalue weighted by molar-refractivity contribution is 6.51. The lowest BCUT2D eigenvalue weighted by atomic mass is 9.95. The van der Waals surface area contributed by atoms with Crippen molar-refractivity contribution in [2.24, 2.45) is 0 Å². The first-order chi connectivity index (χ1) is 15.8. The summed E-state index contributed by atoms with van der Waals surface area (Å²) < 4.78 is 0. The highest BCUT2D eigenvalue weighted by Gasteiger charge is 2.47. The molecule has 1 fully saturated rings. The third-order valence-electron chi connectivity index (χ3n) is 5.18. The number of carbonyl (C=O) groups is 2. The Kier molecular flexibility index (Phi) is 5.29. The predicted molar refractivity (Wildman–Crippen MR) is 115 cm³/mol. The first kappa shape index (κ1) is 21.2. The molecule has 10 heteroatoms. The number of hydrogen-bond donors (Lipinski definition) is 2. The number of nitro groups is 1. The van der Waals surface area contributed by atoms with Crippen LogP contribution in [-0.2, 0) is 9.59 Å². The Labute approximate surface area is 186 Å². The van der Waals surface area contributed by atoms with Gasteiger partial charge in [-0.05, 0) is 48.0 Å². The van der Waals surface area contributed by atoms with Crippen LogP contribution < -0.4 is 4.90 Å². The lowest BCUT2D eigenvalue weighted by Crippen LogP contribution is -2.29. The third kappa shape index (κ3) is 3.64. The number of hydrogen-bond acceptors (Lipinski definition) is 8. The zero-order valence-corrected chi connectivity index (χ0v) is 16.7. The number of phenolic OH excluding ortho intramolecular Hbond substituents is 1. The Morgan fingerprint density at radius 3 is 2.36 bits per heavy atom. The second-order valence-electron chi connectivity index (χ2n) is 7.07. The Balaban J connectivity index is 1.98. The fourth-order valence-electron chi connectivity index (χ4n) is 3.63. The van der Waals surface area contributed by atoms with E-state index in [1.807, 2.05) is 6.07 Å². The maximum atomic E-state index is 13.0. The Morgan fingerprint density at radius 2 is 1.76 bits per heavy atom. The number of ketones is 1. The molecule has 2 N–H and O–H groups in total. The summed E-state index contributed by atoms with van der Waals surface area (Å²) in [5.41, 5.74) is 0.00620. The number of anilines is 1. The van der Waals surface area contributed by atoms with Crippen molar-refractivity contribution in [3.63, 3.8) is 0 Å². The van der Waals surface area contributed by atoms with Crippen LogP contribution in [0.15, 0.2) is 72.6 Å². The average Bonchev–Trinajstić information content (AvgIpc) is 3.09. The molecular formula is C23H14N4O6. The first-order valence-electron chi connectivity index (χ1n) is 9.52. The SMILES string of the molecule is N#Cc1ccc(N2C(=O)C(=O)/C(=C(\O)c3ccncc3)C2c2ccc(O)c([N+](=O)[O-])c2)cc1. The van der Waals surface area contributed by atoms with Gasteiger partial charge in [0.25, 0.3) is 11.7 Å². The molecule has 0 spiro atoms. The van der Waals surface area contributed by atoms with Gasteiger partial charge in [0.15, 0.2) is 5.75 Å². The molecule has 1 atom stereocenters. The molecule has 2 heterocycles. The molecule has 0 radical (unpaired) electrons. The van der Waals surface area contributed by atoms with Crippen LogP contribution in [0, 0.1) is 21.4 Å². The van der Waals surface area contributed by atoms with Gasteiger partial charge in [0, 0.05) is 29.7 Å². The van der Waals surface area contributed by atoms with Gasteiger partial charge in [-0.2, -0.15) is 5.26 Å². The molecule has 1 amide bonds. The number of aliphatic hydroxyl groups is 1. The Bertz CT molecular complexity index is 1360. The number of aromatic hydroxyl groups is 1. The van der Waals surface area contributed by atoms with Crippen LogP contribution in [0.3, 0.4) is 0 Å². The molecule has 4 rings (SSSR count). The van der Waals surface area contributed by atoms with Crippen molar-refractivity contribution in [3.05, 3.63) is 99.4 Å². The van der Waals surface area contributed by atoms with Crippen molar-refractivity contribution in [1.82, 2.24) is 4.98 Å². The number of aromatic nitrogens is 1. The monoisotopic (exact) mass is 442 g/mol. The number of nitrogens with zero attached hydrogens (tertiary/aromatic N) is 4. The summed E-state index contributed by atoms with van der Waals surface area (Å²) in [6.45, 7) is 0. The van der Waals surface area contributed by atoms with E-state index >= 15 is 0 Å². The second kappa shape index (κ2) is 8.24. The molecule has 0 saturated carbocycles. The lowest BCUT2D eigenvalue weighted by Gasteiger charge is -2.25. The van der Waals surface area contributed by atoms with Crippen molar-refractivity contribution in [2.75, 3.05) is 4.90 Å². The number of Topliss-reactive ketones (excluding diaryl/α,β-unsaturated/α-hetero) is 1. The summed E-state index contributed by atoms with van der Waals surface area (Å²) >= 11 is 0. The molecule has 0 bridgehead atoms. The number of pyridine rings is 1. The second-order valence-corrected chi connectivity index (χ2v) is 7.07. The minimum Gasteiger partial charge on any atom is -0.507 e. The number of phenols is 1. The molecule has 1 saturated heterocycles. The summed E-state index contributed by atoms with van der Waals surface area (Å²) in [7, 11) is 0. The van der Waals surface area contributed by atoms with Crippen molar-refractivity contribution >= 4 is 28.8 Å². The number of aliphatic hydroxyl groups excluding tert-OH is 1. The predicted octanol–water partition coefficient (Wildman–Crippen LogP) is 3.19. The van der Waals surface area contributed by atoms with Gasteiger partial charge >= 0.3 is 5.69 Å². The molecule has 1 unspecified atom stereocenters. The maximum Gasteiger partial charge on any atom is 0.311 e. The van der Waals surface area contributed by atoms with Gasteiger partial charge in [0.1, 0.15) is 5.76 Å². The van der Waals surface area contributed by atoms with Crippen LogP contribution in [0.4, 0.5) is 11.4 Å². The van der Waals surface area contributed by atoms with Crippen LogP contribution in [0.1, 0.15) is 22.7 Å². The molecule has 2 aromatic carbocycles. The summed E-state index contributed by atoms with van der Waals surface area (Å²) in [5.74, 6) is -3.02. The van der Waals surface area contributed by atoms with Crippen molar-refractivity contribution in [2.45, 2.75) is 6.04 Å². The van der Waals surface area contributed by atoms with E-state index in [-0.39, 0.29) is 22.4 Å². The molecule has 10 nitrogen and oxygen atoms in total. The topological polar surface area (TPSA) is 158 Å². The molecule has 3 aromatic rings. The third-order valence-corrected chi connectivity index (χ3v) is 5.18. The normalized spacial score (nSPS) is 17.1. The number of nitro benzene ring substituents is 1. The van der Waals surface area contributed by atoms with Gasteiger partial charge in [-0.25, -0.2) is 0 Å². The first-order valence-corrected chi connectivity index (χ1v) is 9.52. The highest BCUT2D eigenvalue weighted by Crippen LogP contribution is 2.43. The van der Waals surface area contributed by atoms with E-state index in [2.05, 4.69) is 4.98 Å². The zero-order valence-electron chi connectivity index (χ0n) is 16.7. The molecule has 33 heavy (non-hydrogen) atoms. The van der Waals surface area contributed by atoms with Gasteiger partial charge < -0.3 is 10.2 Å². The van der Waals surface area contributed by atoms with E-state index < -0.39 is 39.9 Å². The summed E-state index contributed by atoms with van der Waals surface area (Å²) in [6, 6.07) is 12.9. The minimum absolute atomic E-state index is 0.124. The Hall–Kier alpha value is -5.04. The summed E-state index contributed by atoms with van der Waals surface area (Å²) in [6.07, 6.45) is 2.79. The van der Waals surface area contributed by atoms with Crippen LogP contribution in [-0.4, -0.2) is 31.8 Å². The van der Waals surface area contributed by atoms with Gasteiger partial charge in [0.2, 0.25) is 0 Å².